The number of amides is 1. The summed E-state index contributed by atoms with van der Waals surface area (Å²) in [7, 11) is 1.79. The van der Waals surface area contributed by atoms with Gasteiger partial charge in [0.05, 0.1) is 0 Å². The Bertz CT molecular complexity index is 371. The highest BCUT2D eigenvalue weighted by atomic mass is 79.9. The SMILES string of the molecule is CNCCC(=O)NCc1cc(F)ccc1Br. The van der Waals surface area contributed by atoms with Gasteiger partial charge in [-0.15, -0.1) is 0 Å². The molecule has 16 heavy (non-hydrogen) atoms. The number of rotatable bonds is 5. The largest absolute Gasteiger partial charge is 0.352 e. The Morgan fingerprint density at radius 2 is 2.25 bits per heavy atom. The van der Waals surface area contributed by atoms with E-state index in [1.54, 1.807) is 13.1 Å². The first-order chi connectivity index (χ1) is 7.63. The molecule has 0 bridgehead atoms. The first kappa shape index (κ1) is 13.1. The molecule has 0 fully saturated rings. The third-order valence-electron chi connectivity index (χ3n) is 2.09. The lowest BCUT2D eigenvalue weighted by molar-refractivity contribution is -0.121. The molecule has 0 saturated heterocycles. The molecule has 0 aliphatic carbocycles. The van der Waals surface area contributed by atoms with Crippen molar-refractivity contribution in [3.63, 3.8) is 0 Å². The third-order valence-corrected chi connectivity index (χ3v) is 2.86. The van der Waals surface area contributed by atoms with Gasteiger partial charge in [0.25, 0.3) is 0 Å². The molecular formula is C11H14BrFN2O. The molecule has 1 amide bonds. The number of hydrogen-bond acceptors (Lipinski definition) is 2. The van der Waals surface area contributed by atoms with Crippen molar-refractivity contribution in [1.29, 1.82) is 0 Å². The maximum absolute atomic E-state index is 12.9. The van der Waals surface area contributed by atoms with Gasteiger partial charge in [0, 0.05) is 24.0 Å². The van der Waals surface area contributed by atoms with E-state index < -0.39 is 0 Å². The van der Waals surface area contributed by atoms with Crippen LogP contribution in [-0.4, -0.2) is 19.5 Å². The van der Waals surface area contributed by atoms with Crippen molar-refractivity contribution in [3.8, 4) is 0 Å². The minimum Gasteiger partial charge on any atom is -0.352 e. The lowest BCUT2D eigenvalue weighted by Gasteiger charge is -2.07. The molecule has 0 saturated carbocycles. The standard InChI is InChI=1S/C11H14BrFN2O/c1-14-5-4-11(16)15-7-8-6-9(13)2-3-10(8)12/h2-3,6,14H,4-5,7H2,1H3,(H,15,16). The van der Waals surface area contributed by atoms with Crippen molar-refractivity contribution >= 4 is 21.8 Å². The molecule has 3 nitrogen and oxygen atoms in total. The van der Waals surface area contributed by atoms with Gasteiger partial charge in [-0.2, -0.15) is 0 Å². The second-order valence-corrected chi connectivity index (χ2v) is 4.22. The van der Waals surface area contributed by atoms with Crippen LogP contribution in [-0.2, 0) is 11.3 Å². The topological polar surface area (TPSA) is 41.1 Å². The quantitative estimate of drug-likeness (QED) is 0.868. The molecule has 0 aromatic heterocycles. The molecular weight excluding hydrogens is 275 g/mol. The van der Waals surface area contributed by atoms with E-state index in [2.05, 4.69) is 26.6 Å². The summed E-state index contributed by atoms with van der Waals surface area (Å²) in [4.78, 5) is 11.3. The van der Waals surface area contributed by atoms with E-state index in [4.69, 9.17) is 0 Å². The van der Waals surface area contributed by atoms with Crippen LogP contribution in [0.4, 0.5) is 4.39 Å². The zero-order valence-electron chi connectivity index (χ0n) is 9.02. The highest BCUT2D eigenvalue weighted by molar-refractivity contribution is 9.10. The molecule has 0 spiro atoms. The van der Waals surface area contributed by atoms with E-state index in [-0.39, 0.29) is 11.7 Å². The summed E-state index contributed by atoms with van der Waals surface area (Å²) in [6.45, 7) is 0.969. The highest BCUT2D eigenvalue weighted by Gasteiger charge is 2.04. The van der Waals surface area contributed by atoms with Gasteiger partial charge in [0.2, 0.25) is 5.91 Å². The molecule has 1 aromatic carbocycles. The molecule has 0 aliphatic heterocycles. The fraction of sp³-hybridized carbons (Fsp3) is 0.364. The Balaban J connectivity index is 2.47. The van der Waals surface area contributed by atoms with Crippen LogP contribution >= 0.6 is 15.9 Å². The summed E-state index contributed by atoms with van der Waals surface area (Å²) in [6.07, 6.45) is 0.420. The number of halogens is 2. The van der Waals surface area contributed by atoms with E-state index in [1.807, 2.05) is 0 Å². The van der Waals surface area contributed by atoms with Crippen molar-refractivity contribution in [1.82, 2.24) is 10.6 Å². The molecule has 1 rings (SSSR count). The summed E-state index contributed by atoms with van der Waals surface area (Å²) < 4.78 is 13.7. The molecule has 0 radical (unpaired) electrons. The molecule has 2 N–H and O–H groups in total. The normalized spacial score (nSPS) is 10.2. The Labute approximate surface area is 103 Å². The lowest BCUT2D eigenvalue weighted by Crippen LogP contribution is -2.26. The average molecular weight is 289 g/mol. The molecule has 0 heterocycles. The zero-order valence-corrected chi connectivity index (χ0v) is 10.6. The number of benzene rings is 1. The monoisotopic (exact) mass is 288 g/mol. The predicted molar refractivity (Wildman–Crippen MR) is 64.5 cm³/mol. The van der Waals surface area contributed by atoms with Crippen molar-refractivity contribution in [2.24, 2.45) is 0 Å². The van der Waals surface area contributed by atoms with Crippen molar-refractivity contribution in [2.75, 3.05) is 13.6 Å². The maximum atomic E-state index is 12.9. The van der Waals surface area contributed by atoms with E-state index in [1.165, 1.54) is 12.1 Å². The zero-order chi connectivity index (χ0) is 12.0. The minimum atomic E-state index is -0.303. The van der Waals surface area contributed by atoms with Gasteiger partial charge in [0.1, 0.15) is 5.82 Å². The van der Waals surface area contributed by atoms with Gasteiger partial charge >= 0.3 is 0 Å². The maximum Gasteiger partial charge on any atom is 0.221 e. The summed E-state index contributed by atoms with van der Waals surface area (Å²) in [6, 6.07) is 4.41. The number of hydrogen-bond donors (Lipinski definition) is 2. The van der Waals surface area contributed by atoms with E-state index >= 15 is 0 Å². The first-order valence-electron chi connectivity index (χ1n) is 4.98. The van der Waals surface area contributed by atoms with Crippen LogP contribution in [0.25, 0.3) is 0 Å². The third kappa shape index (κ3) is 4.28. The van der Waals surface area contributed by atoms with Gasteiger partial charge in [-0.25, -0.2) is 4.39 Å². The summed E-state index contributed by atoms with van der Waals surface area (Å²) in [5.41, 5.74) is 0.734. The van der Waals surface area contributed by atoms with Gasteiger partial charge in [-0.05, 0) is 30.8 Å². The van der Waals surface area contributed by atoms with Gasteiger partial charge in [-0.1, -0.05) is 15.9 Å². The summed E-state index contributed by atoms with van der Waals surface area (Å²) in [5, 5.41) is 5.61. The van der Waals surface area contributed by atoms with E-state index in [0.29, 0.717) is 19.5 Å². The number of nitrogens with one attached hydrogen (secondary N) is 2. The predicted octanol–water partition coefficient (Wildman–Crippen LogP) is 1.81. The van der Waals surface area contributed by atoms with E-state index in [0.717, 1.165) is 10.0 Å². The van der Waals surface area contributed by atoms with Crippen LogP contribution in [0, 0.1) is 5.82 Å². The average Bonchev–Trinajstić information content (AvgIpc) is 2.27. The van der Waals surface area contributed by atoms with Crippen molar-refractivity contribution < 1.29 is 9.18 Å². The Kier molecular flexibility index (Phi) is 5.42. The van der Waals surface area contributed by atoms with Gasteiger partial charge in [-0.3, -0.25) is 4.79 Å². The number of carbonyl (C=O) groups is 1. The minimum absolute atomic E-state index is 0.0505. The van der Waals surface area contributed by atoms with Crippen molar-refractivity contribution in [2.45, 2.75) is 13.0 Å². The van der Waals surface area contributed by atoms with Crippen LogP contribution in [0.15, 0.2) is 22.7 Å². The molecule has 1 aromatic rings. The van der Waals surface area contributed by atoms with Crippen LogP contribution < -0.4 is 10.6 Å². The molecule has 88 valence electrons. The van der Waals surface area contributed by atoms with Crippen LogP contribution in [0.1, 0.15) is 12.0 Å². The van der Waals surface area contributed by atoms with Crippen LogP contribution in [0.5, 0.6) is 0 Å². The molecule has 0 aliphatic rings. The van der Waals surface area contributed by atoms with Gasteiger partial charge < -0.3 is 10.6 Å². The second-order valence-electron chi connectivity index (χ2n) is 3.37. The Hall–Kier alpha value is -0.940. The second kappa shape index (κ2) is 6.60. The number of carbonyl (C=O) groups excluding carboxylic acids is 1. The van der Waals surface area contributed by atoms with E-state index in [9.17, 15) is 9.18 Å². The molecule has 5 heteroatoms. The molecule has 0 unspecified atom stereocenters. The van der Waals surface area contributed by atoms with Crippen molar-refractivity contribution in [3.05, 3.63) is 34.1 Å². The Morgan fingerprint density at radius 3 is 2.94 bits per heavy atom. The smallest absolute Gasteiger partial charge is 0.221 e. The fourth-order valence-corrected chi connectivity index (χ4v) is 1.59. The summed E-state index contributed by atoms with van der Waals surface area (Å²) >= 11 is 3.30. The highest BCUT2D eigenvalue weighted by Crippen LogP contribution is 2.17. The van der Waals surface area contributed by atoms with Crippen LogP contribution in [0.3, 0.4) is 0 Å². The Morgan fingerprint density at radius 1 is 1.50 bits per heavy atom. The van der Waals surface area contributed by atoms with Crippen LogP contribution in [0.2, 0.25) is 0 Å². The first-order valence-corrected chi connectivity index (χ1v) is 5.78. The van der Waals surface area contributed by atoms with Gasteiger partial charge in [0.15, 0.2) is 0 Å². The molecule has 0 atom stereocenters. The lowest BCUT2D eigenvalue weighted by atomic mass is 10.2. The fourth-order valence-electron chi connectivity index (χ4n) is 1.20. The summed E-state index contributed by atoms with van der Waals surface area (Å²) in [5.74, 6) is -0.354.